The van der Waals surface area contributed by atoms with Gasteiger partial charge in [0, 0.05) is 23.6 Å². The summed E-state index contributed by atoms with van der Waals surface area (Å²) in [6.45, 7) is 1.97. The van der Waals surface area contributed by atoms with Gasteiger partial charge in [-0.15, -0.1) is 0 Å². The van der Waals surface area contributed by atoms with E-state index >= 15 is 0 Å². The number of hydrogen-bond acceptors (Lipinski definition) is 4. The highest BCUT2D eigenvalue weighted by Crippen LogP contribution is 2.75. The molecule has 1 aromatic heterocycles. The highest BCUT2D eigenvalue weighted by molar-refractivity contribution is 6.05. The number of benzene rings is 3. The third kappa shape index (κ3) is 5.01. The lowest BCUT2D eigenvalue weighted by Crippen LogP contribution is -2.55. The molecule has 4 aromatic rings. The molecule has 2 heterocycles. The van der Waals surface area contributed by atoms with Gasteiger partial charge in [0.15, 0.2) is 0 Å². The van der Waals surface area contributed by atoms with Gasteiger partial charge in [0.05, 0.1) is 28.9 Å². The number of alkyl halides is 3. The summed E-state index contributed by atoms with van der Waals surface area (Å²) in [5, 5.41) is 10.6. The van der Waals surface area contributed by atoms with E-state index < -0.39 is 41.3 Å². The maximum Gasteiger partial charge on any atom is 0.416 e. The predicted molar refractivity (Wildman–Crippen MR) is 160 cm³/mol. The van der Waals surface area contributed by atoms with Gasteiger partial charge in [-0.05, 0) is 73.7 Å². The van der Waals surface area contributed by atoms with Crippen molar-refractivity contribution in [2.24, 2.45) is 11.3 Å². The van der Waals surface area contributed by atoms with Crippen LogP contribution in [0.4, 0.5) is 23.4 Å². The van der Waals surface area contributed by atoms with Crippen LogP contribution in [-0.4, -0.2) is 40.1 Å². The van der Waals surface area contributed by atoms with Gasteiger partial charge >= 0.3 is 6.18 Å². The maximum atomic E-state index is 14.3. The number of carbonyl (C=O) groups excluding carboxylic acids is 3. The zero-order valence-corrected chi connectivity index (χ0v) is 24.6. The summed E-state index contributed by atoms with van der Waals surface area (Å²) in [4.78, 5) is 42.3. The van der Waals surface area contributed by atoms with Gasteiger partial charge in [-0.2, -0.15) is 18.3 Å². The largest absolute Gasteiger partial charge is 0.416 e. The summed E-state index contributed by atoms with van der Waals surface area (Å²) in [6.07, 6.45) is -2.96. The molecule has 0 spiro atoms. The Morgan fingerprint density at radius 3 is 2.33 bits per heavy atom. The van der Waals surface area contributed by atoms with E-state index in [1.807, 2.05) is 30.3 Å². The SMILES string of the molecule is CCN1C(=O)[C@@H](NC(=O)c2cccc(C(F)(F)F)c2)[C@@H](c2ccc(F)cc2)c2c(CNC(=O)C34CC3C4)nn(-c3ccccc3)c21. The number of likely N-dealkylation sites (N-methyl/N-ethyl adjacent to an activating group) is 1. The summed E-state index contributed by atoms with van der Waals surface area (Å²) in [6, 6.07) is 17.3. The van der Waals surface area contributed by atoms with Crippen LogP contribution in [0.2, 0.25) is 0 Å². The molecule has 0 bridgehead atoms. The molecule has 8 nitrogen and oxygen atoms in total. The summed E-state index contributed by atoms with van der Waals surface area (Å²) in [5.74, 6) is -2.05. The Bertz CT molecular complexity index is 1850. The Morgan fingerprint density at radius 1 is 1.00 bits per heavy atom. The molecular formula is C34H29F4N5O3. The van der Waals surface area contributed by atoms with Crippen LogP contribution in [0.1, 0.15) is 58.4 Å². The summed E-state index contributed by atoms with van der Waals surface area (Å²) < 4.78 is 56.2. The van der Waals surface area contributed by atoms with Crippen molar-refractivity contribution >= 4 is 23.5 Å². The smallest absolute Gasteiger partial charge is 0.350 e. The van der Waals surface area contributed by atoms with Gasteiger partial charge in [0.2, 0.25) is 5.91 Å². The fourth-order valence-corrected chi connectivity index (χ4v) is 6.46. The van der Waals surface area contributed by atoms with Gasteiger partial charge in [-0.3, -0.25) is 19.3 Å². The Balaban J connectivity index is 1.36. The number of amides is 3. The highest BCUT2D eigenvalue weighted by atomic mass is 19.4. The molecular weight excluding hydrogens is 602 g/mol. The minimum Gasteiger partial charge on any atom is -0.350 e. The molecule has 2 saturated carbocycles. The van der Waals surface area contributed by atoms with Crippen LogP contribution < -0.4 is 15.5 Å². The van der Waals surface area contributed by atoms with E-state index in [0.29, 0.717) is 34.2 Å². The summed E-state index contributed by atoms with van der Waals surface area (Å²) >= 11 is 0. The summed E-state index contributed by atoms with van der Waals surface area (Å²) in [7, 11) is 0. The normalized spacial score (nSPS) is 22.9. The number of halogens is 4. The lowest BCUT2D eigenvalue weighted by molar-refractivity contribution is -0.137. The van der Waals surface area contributed by atoms with E-state index in [4.69, 9.17) is 5.10 Å². The Labute approximate surface area is 261 Å². The van der Waals surface area contributed by atoms with Crippen LogP contribution in [0.25, 0.3) is 5.69 Å². The number of rotatable bonds is 8. The van der Waals surface area contributed by atoms with Gasteiger partial charge in [0.25, 0.3) is 11.8 Å². The average molecular weight is 632 g/mol. The lowest BCUT2D eigenvalue weighted by atomic mass is 9.80. The molecule has 3 amide bonds. The molecule has 1 aliphatic heterocycles. The quantitative estimate of drug-likeness (QED) is 0.256. The van der Waals surface area contributed by atoms with Gasteiger partial charge in [-0.1, -0.05) is 36.4 Å². The number of anilines is 1. The monoisotopic (exact) mass is 631 g/mol. The minimum absolute atomic E-state index is 0.0349. The first kappa shape index (κ1) is 29.7. The third-order valence-corrected chi connectivity index (χ3v) is 9.24. The standard InChI is InChI=1S/C34H29F4N5O3/c1-2-42-30-27(25(18-39-32(46)33-16-22(33)17-33)41-43(30)24-9-4-3-5-10-24)26(19-11-13-23(35)14-12-19)28(31(42)45)40-29(44)20-7-6-8-21(15-20)34(36,37)38/h3-15,22,26,28H,2,16-18H2,1H3,(H,39,46)(H,40,44)/t22?,26-,28-,33?/m0/s1. The lowest BCUT2D eigenvalue weighted by Gasteiger charge is -2.38. The van der Waals surface area contributed by atoms with Gasteiger partial charge in [0.1, 0.15) is 17.7 Å². The van der Waals surface area contributed by atoms with Crippen molar-refractivity contribution in [2.75, 3.05) is 11.4 Å². The van der Waals surface area contributed by atoms with E-state index in [2.05, 4.69) is 10.6 Å². The van der Waals surface area contributed by atoms with Crippen molar-refractivity contribution < 1.29 is 31.9 Å². The van der Waals surface area contributed by atoms with E-state index in [-0.39, 0.29) is 30.0 Å². The number of nitrogens with one attached hydrogen (secondary N) is 2. The Hall–Kier alpha value is -5.00. The molecule has 2 atom stereocenters. The molecule has 2 fully saturated rings. The number of fused-ring (bicyclic) bond motifs is 2. The fraction of sp³-hybridized carbons (Fsp3) is 0.294. The zero-order chi connectivity index (χ0) is 32.4. The molecule has 3 aliphatic rings. The number of nitrogens with zero attached hydrogens (tertiary/aromatic N) is 3. The van der Waals surface area contributed by atoms with Crippen molar-refractivity contribution in [1.82, 2.24) is 20.4 Å². The van der Waals surface area contributed by atoms with Crippen LogP contribution in [0.15, 0.2) is 78.9 Å². The topological polar surface area (TPSA) is 96.3 Å². The summed E-state index contributed by atoms with van der Waals surface area (Å²) in [5.41, 5.74) is 0.527. The average Bonchev–Trinajstić information content (AvgIpc) is 3.91. The van der Waals surface area contributed by atoms with E-state index in [1.165, 1.54) is 35.2 Å². The first-order chi connectivity index (χ1) is 22.0. The number of para-hydroxylation sites is 1. The molecule has 12 heteroatoms. The molecule has 2 N–H and O–H groups in total. The Kier molecular flexibility index (Phi) is 6.98. The molecule has 7 rings (SSSR count). The van der Waals surface area contributed by atoms with Crippen LogP contribution in [0.5, 0.6) is 0 Å². The van der Waals surface area contributed by atoms with Gasteiger partial charge in [-0.25, -0.2) is 9.07 Å². The van der Waals surface area contributed by atoms with Crippen molar-refractivity contribution in [3.8, 4) is 5.69 Å². The number of hydrogen-bond donors (Lipinski definition) is 2. The molecule has 3 aromatic carbocycles. The molecule has 0 radical (unpaired) electrons. The van der Waals surface area contributed by atoms with Crippen molar-refractivity contribution in [2.45, 2.75) is 44.4 Å². The fourth-order valence-electron chi connectivity index (χ4n) is 6.46. The molecule has 236 valence electrons. The number of carbonyl (C=O) groups is 3. The predicted octanol–water partition coefficient (Wildman–Crippen LogP) is 5.35. The first-order valence-corrected chi connectivity index (χ1v) is 15.0. The second-order valence-electron chi connectivity index (χ2n) is 12.0. The molecule has 2 aliphatic carbocycles. The van der Waals surface area contributed by atoms with Crippen LogP contribution in [-0.2, 0) is 22.3 Å². The van der Waals surface area contributed by atoms with Crippen LogP contribution in [0, 0.1) is 17.2 Å². The van der Waals surface area contributed by atoms with Gasteiger partial charge < -0.3 is 10.6 Å². The zero-order valence-electron chi connectivity index (χ0n) is 24.6. The molecule has 0 saturated heterocycles. The molecule has 0 unspecified atom stereocenters. The van der Waals surface area contributed by atoms with E-state index in [1.54, 1.807) is 11.6 Å². The minimum atomic E-state index is -4.67. The van der Waals surface area contributed by atoms with E-state index in [9.17, 15) is 31.9 Å². The van der Waals surface area contributed by atoms with E-state index in [0.717, 1.165) is 31.0 Å². The first-order valence-electron chi connectivity index (χ1n) is 15.0. The maximum absolute atomic E-state index is 14.3. The van der Waals surface area contributed by atoms with Crippen molar-refractivity contribution in [1.29, 1.82) is 0 Å². The third-order valence-electron chi connectivity index (χ3n) is 9.24. The van der Waals surface area contributed by atoms with Crippen molar-refractivity contribution in [3.63, 3.8) is 0 Å². The highest BCUT2D eigenvalue weighted by Gasteiger charge is 2.74. The Morgan fingerprint density at radius 2 is 1.70 bits per heavy atom. The second-order valence-corrected chi connectivity index (χ2v) is 12.0. The van der Waals surface area contributed by atoms with Crippen LogP contribution >= 0.6 is 0 Å². The van der Waals surface area contributed by atoms with Crippen LogP contribution in [0.3, 0.4) is 0 Å². The molecule has 46 heavy (non-hydrogen) atoms. The number of aromatic nitrogens is 2. The van der Waals surface area contributed by atoms with Crippen molar-refractivity contribution in [3.05, 3.63) is 113 Å². The second kappa shape index (κ2) is 10.8.